The Morgan fingerprint density at radius 3 is 2.52 bits per heavy atom. The maximum atomic E-state index is 13.5. The fourth-order valence-corrected chi connectivity index (χ4v) is 2.18. The quantitative estimate of drug-likeness (QED) is 0.908. The molecule has 0 aromatic heterocycles. The molecular weight excluding hydrogens is 344 g/mol. The second kappa shape index (κ2) is 6.67. The summed E-state index contributed by atoms with van der Waals surface area (Å²) in [6, 6.07) is 8.35. The van der Waals surface area contributed by atoms with Gasteiger partial charge in [-0.2, -0.15) is 0 Å². The molecule has 0 aliphatic heterocycles. The molecule has 1 N–H and O–H groups in total. The lowest BCUT2D eigenvalue weighted by molar-refractivity contribution is 0.0950. The number of carbonyl (C=O) groups is 1. The zero-order valence-electron chi connectivity index (χ0n) is 11.1. The number of hydrogen-bond donors (Lipinski definition) is 1. The summed E-state index contributed by atoms with van der Waals surface area (Å²) in [6.07, 6.45) is 0. The number of carbonyl (C=O) groups excluding carboxylic acids is 1. The van der Waals surface area contributed by atoms with Crippen molar-refractivity contribution in [2.75, 3.05) is 7.11 Å². The number of nitrogens with one attached hydrogen (secondary N) is 1. The molecule has 2 aromatic rings. The first-order valence-electron chi connectivity index (χ1n) is 6.07. The predicted octanol–water partition coefficient (Wildman–Crippen LogP) is 3.67. The third-order valence-electron chi connectivity index (χ3n) is 2.90. The molecule has 0 bridgehead atoms. The van der Waals surface area contributed by atoms with E-state index in [1.807, 2.05) is 0 Å². The Hall–Kier alpha value is -1.95. The van der Waals surface area contributed by atoms with Crippen LogP contribution in [-0.2, 0) is 6.54 Å². The van der Waals surface area contributed by atoms with E-state index in [1.165, 1.54) is 19.2 Å². The van der Waals surface area contributed by atoms with Gasteiger partial charge < -0.3 is 10.1 Å². The van der Waals surface area contributed by atoms with E-state index in [0.29, 0.717) is 15.8 Å². The molecule has 0 unspecified atom stereocenters. The van der Waals surface area contributed by atoms with Gasteiger partial charge in [0.1, 0.15) is 17.4 Å². The molecule has 2 aromatic carbocycles. The highest BCUT2D eigenvalue weighted by molar-refractivity contribution is 9.10. The predicted molar refractivity (Wildman–Crippen MR) is 78.2 cm³/mol. The zero-order valence-corrected chi connectivity index (χ0v) is 12.7. The zero-order chi connectivity index (χ0) is 15.4. The summed E-state index contributed by atoms with van der Waals surface area (Å²) < 4.78 is 32.7. The molecule has 6 heteroatoms. The lowest BCUT2D eigenvalue weighted by Crippen LogP contribution is -2.24. The van der Waals surface area contributed by atoms with Crippen LogP contribution in [0.3, 0.4) is 0 Å². The van der Waals surface area contributed by atoms with Crippen LogP contribution in [0.25, 0.3) is 0 Å². The molecule has 21 heavy (non-hydrogen) atoms. The highest BCUT2D eigenvalue weighted by Gasteiger charge is 2.12. The van der Waals surface area contributed by atoms with Crippen LogP contribution in [0, 0.1) is 11.6 Å². The van der Waals surface area contributed by atoms with Gasteiger partial charge in [-0.1, -0.05) is 6.07 Å². The molecule has 110 valence electrons. The largest absolute Gasteiger partial charge is 0.496 e. The molecule has 0 radical (unpaired) electrons. The molecule has 1 amide bonds. The smallest absolute Gasteiger partial charge is 0.251 e. The molecule has 0 atom stereocenters. The van der Waals surface area contributed by atoms with Gasteiger partial charge >= 0.3 is 0 Å². The van der Waals surface area contributed by atoms with Crippen molar-refractivity contribution >= 4 is 21.8 Å². The van der Waals surface area contributed by atoms with E-state index in [-0.39, 0.29) is 12.1 Å². The van der Waals surface area contributed by atoms with Crippen molar-refractivity contribution in [2.24, 2.45) is 0 Å². The first-order chi connectivity index (χ1) is 10.0. The summed E-state index contributed by atoms with van der Waals surface area (Å²) in [5.41, 5.74) is 0.168. The van der Waals surface area contributed by atoms with Crippen molar-refractivity contribution in [3.8, 4) is 5.75 Å². The Kier molecular flexibility index (Phi) is 4.90. The number of benzene rings is 2. The molecule has 0 heterocycles. The Balaban J connectivity index is 2.12. The Labute approximate surface area is 129 Å². The third kappa shape index (κ3) is 3.58. The van der Waals surface area contributed by atoms with Gasteiger partial charge in [0, 0.05) is 17.7 Å². The highest BCUT2D eigenvalue weighted by Crippen LogP contribution is 2.25. The van der Waals surface area contributed by atoms with Gasteiger partial charge in [-0.25, -0.2) is 8.78 Å². The molecule has 0 saturated carbocycles. The minimum absolute atomic E-state index is 0.171. The van der Waals surface area contributed by atoms with Crippen LogP contribution < -0.4 is 10.1 Å². The van der Waals surface area contributed by atoms with Crippen molar-refractivity contribution in [2.45, 2.75) is 6.54 Å². The second-order valence-corrected chi connectivity index (χ2v) is 5.09. The Bertz CT molecular complexity index is 656. The van der Waals surface area contributed by atoms with Gasteiger partial charge in [-0.3, -0.25) is 4.79 Å². The average molecular weight is 356 g/mol. The number of rotatable bonds is 4. The molecular formula is C15H12BrF2NO2. The minimum Gasteiger partial charge on any atom is -0.496 e. The molecule has 0 aliphatic carbocycles. The maximum absolute atomic E-state index is 13.5. The summed E-state index contributed by atoms with van der Waals surface area (Å²) in [7, 11) is 1.48. The first-order valence-corrected chi connectivity index (χ1v) is 6.87. The topological polar surface area (TPSA) is 38.3 Å². The molecule has 0 aliphatic rings. The van der Waals surface area contributed by atoms with Gasteiger partial charge in [-0.05, 0) is 46.3 Å². The number of halogens is 3. The number of hydrogen-bond acceptors (Lipinski definition) is 2. The van der Waals surface area contributed by atoms with Crippen molar-refractivity contribution < 1.29 is 18.3 Å². The van der Waals surface area contributed by atoms with Crippen LogP contribution in [0.1, 0.15) is 15.9 Å². The summed E-state index contributed by atoms with van der Waals surface area (Å²) in [4.78, 5) is 12.0. The molecule has 2 rings (SSSR count). The van der Waals surface area contributed by atoms with Crippen LogP contribution in [0.2, 0.25) is 0 Å². The van der Waals surface area contributed by atoms with Crippen molar-refractivity contribution in [3.05, 3.63) is 63.6 Å². The standard InChI is InChI=1S/C15H12BrF2NO2/c1-21-14-7-9(5-6-11(14)16)15(20)19-8-10-12(17)3-2-4-13(10)18/h2-7H,8H2,1H3,(H,19,20). The van der Waals surface area contributed by atoms with Crippen LogP contribution >= 0.6 is 15.9 Å². The summed E-state index contributed by atoms with van der Waals surface area (Å²) >= 11 is 3.28. The van der Waals surface area contributed by atoms with Gasteiger partial charge in [0.05, 0.1) is 11.6 Å². The third-order valence-corrected chi connectivity index (χ3v) is 3.56. The fraction of sp³-hybridized carbons (Fsp3) is 0.133. The van der Waals surface area contributed by atoms with Crippen LogP contribution in [0.4, 0.5) is 8.78 Å². The second-order valence-electron chi connectivity index (χ2n) is 4.23. The molecule has 3 nitrogen and oxygen atoms in total. The van der Waals surface area contributed by atoms with E-state index in [9.17, 15) is 13.6 Å². The Morgan fingerprint density at radius 2 is 1.90 bits per heavy atom. The van der Waals surface area contributed by atoms with Gasteiger partial charge in [-0.15, -0.1) is 0 Å². The number of methoxy groups -OCH3 is 1. The van der Waals surface area contributed by atoms with E-state index in [0.717, 1.165) is 12.1 Å². The fourth-order valence-electron chi connectivity index (χ4n) is 1.77. The van der Waals surface area contributed by atoms with Gasteiger partial charge in [0.25, 0.3) is 5.91 Å². The monoisotopic (exact) mass is 355 g/mol. The number of ether oxygens (including phenoxy) is 1. The van der Waals surface area contributed by atoms with E-state index < -0.39 is 17.5 Å². The summed E-state index contributed by atoms with van der Waals surface area (Å²) in [5.74, 6) is -1.32. The lowest BCUT2D eigenvalue weighted by atomic mass is 10.1. The van der Waals surface area contributed by atoms with Gasteiger partial charge in [0.2, 0.25) is 0 Å². The van der Waals surface area contributed by atoms with Crippen molar-refractivity contribution in [1.82, 2.24) is 5.32 Å². The normalized spacial score (nSPS) is 10.3. The average Bonchev–Trinajstić information content (AvgIpc) is 2.47. The van der Waals surface area contributed by atoms with Crippen molar-refractivity contribution in [3.63, 3.8) is 0 Å². The lowest BCUT2D eigenvalue weighted by Gasteiger charge is -2.09. The number of amides is 1. The van der Waals surface area contributed by atoms with E-state index in [1.54, 1.807) is 12.1 Å². The maximum Gasteiger partial charge on any atom is 0.251 e. The molecule has 0 saturated heterocycles. The summed E-state index contributed by atoms with van der Waals surface area (Å²) in [6.45, 7) is -0.226. The first kappa shape index (κ1) is 15.4. The SMILES string of the molecule is COc1cc(C(=O)NCc2c(F)cccc2F)ccc1Br. The van der Waals surface area contributed by atoms with Crippen LogP contribution in [0.5, 0.6) is 5.75 Å². The molecule has 0 spiro atoms. The van der Waals surface area contributed by atoms with E-state index >= 15 is 0 Å². The Morgan fingerprint density at radius 1 is 1.24 bits per heavy atom. The molecule has 0 fully saturated rings. The van der Waals surface area contributed by atoms with Gasteiger partial charge in [0.15, 0.2) is 0 Å². The van der Waals surface area contributed by atoms with Crippen LogP contribution in [0.15, 0.2) is 40.9 Å². The van der Waals surface area contributed by atoms with E-state index in [4.69, 9.17) is 4.74 Å². The van der Waals surface area contributed by atoms with Crippen LogP contribution in [-0.4, -0.2) is 13.0 Å². The minimum atomic E-state index is -0.691. The van der Waals surface area contributed by atoms with Crippen molar-refractivity contribution in [1.29, 1.82) is 0 Å². The van der Waals surface area contributed by atoms with E-state index in [2.05, 4.69) is 21.2 Å². The highest BCUT2D eigenvalue weighted by atomic mass is 79.9. The summed E-state index contributed by atoms with van der Waals surface area (Å²) in [5, 5.41) is 2.48.